The van der Waals surface area contributed by atoms with Crippen molar-refractivity contribution < 1.29 is 0 Å². The first-order valence-electron chi connectivity index (χ1n) is 5.88. The number of rotatable bonds is 4. The van der Waals surface area contributed by atoms with Gasteiger partial charge in [-0.25, -0.2) is 0 Å². The van der Waals surface area contributed by atoms with Gasteiger partial charge < -0.3 is 15.1 Å². The molecule has 2 rings (SSSR count). The van der Waals surface area contributed by atoms with Crippen molar-refractivity contribution >= 4 is 0 Å². The van der Waals surface area contributed by atoms with Gasteiger partial charge in [0.15, 0.2) is 0 Å². The summed E-state index contributed by atoms with van der Waals surface area (Å²) in [5.74, 6) is 0.950. The summed E-state index contributed by atoms with van der Waals surface area (Å²) in [6, 6.07) is 0.849. The molecule has 0 aromatic carbocycles. The molecule has 3 nitrogen and oxygen atoms in total. The summed E-state index contributed by atoms with van der Waals surface area (Å²) in [4.78, 5) is 5.18. The third-order valence-corrected chi connectivity index (χ3v) is 3.87. The van der Waals surface area contributed by atoms with Gasteiger partial charge in [0.05, 0.1) is 0 Å². The van der Waals surface area contributed by atoms with Gasteiger partial charge in [0.25, 0.3) is 0 Å². The smallest absolute Gasteiger partial charge is 0.0146 e. The maximum absolute atomic E-state index is 3.23. The van der Waals surface area contributed by atoms with Crippen LogP contribution in [0.1, 0.15) is 12.8 Å². The van der Waals surface area contributed by atoms with Gasteiger partial charge in [-0.1, -0.05) is 0 Å². The second-order valence-electron chi connectivity index (χ2n) is 4.79. The lowest BCUT2D eigenvalue weighted by molar-refractivity contribution is 0.124. The zero-order chi connectivity index (χ0) is 9.97. The van der Waals surface area contributed by atoms with Crippen LogP contribution >= 0.6 is 0 Å². The Labute approximate surface area is 87.4 Å². The molecular formula is C11H23N3. The van der Waals surface area contributed by atoms with Gasteiger partial charge >= 0.3 is 0 Å². The molecular weight excluding hydrogens is 174 g/mol. The van der Waals surface area contributed by atoms with Crippen molar-refractivity contribution in [3.05, 3.63) is 0 Å². The normalized spacial score (nSPS) is 36.6. The molecule has 0 aliphatic carbocycles. The minimum atomic E-state index is 0.849. The zero-order valence-corrected chi connectivity index (χ0v) is 9.50. The molecule has 3 unspecified atom stereocenters. The lowest BCUT2D eigenvalue weighted by atomic mass is 9.93. The summed E-state index contributed by atoms with van der Waals surface area (Å²) in [6.45, 7) is 6.34. The lowest BCUT2D eigenvalue weighted by Crippen LogP contribution is -2.46. The fourth-order valence-corrected chi connectivity index (χ4v) is 2.96. The average molecular weight is 197 g/mol. The highest BCUT2D eigenvalue weighted by Gasteiger charge is 2.35. The quantitative estimate of drug-likeness (QED) is 0.696. The molecule has 3 atom stereocenters. The summed E-state index contributed by atoms with van der Waals surface area (Å²) < 4.78 is 0. The molecule has 2 saturated heterocycles. The maximum atomic E-state index is 3.23. The molecule has 0 saturated carbocycles. The second-order valence-corrected chi connectivity index (χ2v) is 4.79. The van der Waals surface area contributed by atoms with Gasteiger partial charge in [-0.15, -0.1) is 0 Å². The van der Waals surface area contributed by atoms with Crippen LogP contribution in [0.2, 0.25) is 0 Å². The van der Waals surface area contributed by atoms with Crippen molar-refractivity contribution in [3.63, 3.8) is 0 Å². The Bertz CT molecular complexity index is 183. The van der Waals surface area contributed by atoms with Gasteiger partial charge in [-0.3, -0.25) is 0 Å². The third-order valence-electron chi connectivity index (χ3n) is 3.87. The number of hydrogen-bond donors (Lipinski definition) is 1. The van der Waals surface area contributed by atoms with E-state index in [-0.39, 0.29) is 0 Å². The van der Waals surface area contributed by atoms with E-state index in [1.807, 2.05) is 7.05 Å². The van der Waals surface area contributed by atoms with Gasteiger partial charge in [0, 0.05) is 25.7 Å². The highest BCUT2D eigenvalue weighted by molar-refractivity contribution is 4.91. The summed E-state index contributed by atoms with van der Waals surface area (Å²) in [5.41, 5.74) is 0. The van der Waals surface area contributed by atoms with Gasteiger partial charge in [-0.05, 0) is 45.9 Å². The highest BCUT2D eigenvalue weighted by Crippen LogP contribution is 2.29. The van der Waals surface area contributed by atoms with Crippen LogP contribution in [0.5, 0.6) is 0 Å². The molecule has 2 aliphatic rings. The molecule has 2 fully saturated rings. The molecule has 1 N–H and O–H groups in total. The van der Waals surface area contributed by atoms with E-state index in [1.165, 1.54) is 39.0 Å². The molecule has 2 bridgehead atoms. The van der Waals surface area contributed by atoms with Crippen LogP contribution < -0.4 is 5.32 Å². The van der Waals surface area contributed by atoms with Crippen LogP contribution in [0.4, 0.5) is 0 Å². The largest absolute Gasteiger partial charge is 0.318 e. The first-order chi connectivity index (χ1) is 6.81. The van der Waals surface area contributed by atoms with Crippen LogP contribution in [0, 0.1) is 5.92 Å². The van der Waals surface area contributed by atoms with E-state index < -0.39 is 0 Å². The van der Waals surface area contributed by atoms with Crippen molar-refractivity contribution in [2.45, 2.75) is 18.9 Å². The fourth-order valence-electron chi connectivity index (χ4n) is 2.96. The predicted octanol–water partition coefficient (Wildman–Crippen LogP) is 0.232. The van der Waals surface area contributed by atoms with Gasteiger partial charge in [-0.2, -0.15) is 0 Å². The third kappa shape index (κ3) is 2.10. The van der Waals surface area contributed by atoms with Crippen molar-refractivity contribution in [2.75, 3.05) is 46.8 Å². The van der Waals surface area contributed by atoms with E-state index in [4.69, 9.17) is 0 Å². The van der Waals surface area contributed by atoms with Gasteiger partial charge in [0.1, 0.15) is 0 Å². The number of nitrogens with zero attached hydrogens (tertiary/aromatic N) is 2. The van der Waals surface area contributed by atoms with Crippen LogP contribution in [0.25, 0.3) is 0 Å². The minimum Gasteiger partial charge on any atom is -0.318 e. The van der Waals surface area contributed by atoms with Crippen molar-refractivity contribution in [1.82, 2.24) is 15.1 Å². The van der Waals surface area contributed by atoms with E-state index >= 15 is 0 Å². The Morgan fingerprint density at radius 3 is 2.93 bits per heavy atom. The summed E-state index contributed by atoms with van der Waals surface area (Å²) in [6.07, 6.45) is 2.81. The average Bonchev–Trinajstić information content (AvgIpc) is 2.57. The van der Waals surface area contributed by atoms with E-state index in [9.17, 15) is 0 Å². The van der Waals surface area contributed by atoms with Crippen LogP contribution in [-0.2, 0) is 0 Å². The molecule has 0 aromatic rings. The zero-order valence-electron chi connectivity index (χ0n) is 9.50. The molecule has 0 amide bonds. The molecule has 0 radical (unpaired) electrons. The Kier molecular flexibility index (Phi) is 3.42. The first kappa shape index (κ1) is 10.4. The number of likely N-dealkylation sites (N-methyl/N-ethyl adjacent to an activating group) is 2. The molecule has 0 aromatic heterocycles. The van der Waals surface area contributed by atoms with Gasteiger partial charge in [0.2, 0.25) is 0 Å². The standard InChI is InChI=1S/C11H23N3/c1-12-5-8-13(2)11-4-7-14-6-3-10(11)9-14/h10-12H,3-9H2,1-2H3. The Balaban J connectivity index is 1.84. The summed E-state index contributed by atoms with van der Waals surface area (Å²) >= 11 is 0. The van der Waals surface area contributed by atoms with E-state index in [2.05, 4.69) is 22.2 Å². The fraction of sp³-hybridized carbons (Fsp3) is 1.00. The second kappa shape index (κ2) is 4.60. The predicted molar refractivity (Wildman–Crippen MR) is 59.5 cm³/mol. The lowest BCUT2D eigenvalue weighted by Gasteiger charge is -2.36. The number of hydrogen-bond acceptors (Lipinski definition) is 3. The monoisotopic (exact) mass is 197 g/mol. The van der Waals surface area contributed by atoms with Crippen molar-refractivity contribution in [2.24, 2.45) is 5.92 Å². The Morgan fingerprint density at radius 1 is 1.36 bits per heavy atom. The molecule has 82 valence electrons. The van der Waals surface area contributed by atoms with Crippen LogP contribution in [0.15, 0.2) is 0 Å². The number of piperidine rings is 1. The maximum Gasteiger partial charge on any atom is 0.0146 e. The topological polar surface area (TPSA) is 18.5 Å². The Morgan fingerprint density at radius 2 is 2.14 bits per heavy atom. The van der Waals surface area contributed by atoms with Crippen molar-refractivity contribution in [1.29, 1.82) is 0 Å². The number of nitrogens with one attached hydrogen (secondary N) is 1. The van der Waals surface area contributed by atoms with E-state index in [0.29, 0.717) is 0 Å². The van der Waals surface area contributed by atoms with Crippen molar-refractivity contribution in [3.8, 4) is 0 Å². The summed E-state index contributed by atoms with van der Waals surface area (Å²) in [7, 11) is 4.32. The molecule has 0 spiro atoms. The molecule has 2 heterocycles. The van der Waals surface area contributed by atoms with E-state index in [0.717, 1.165) is 18.5 Å². The number of fused-ring (bicyclic) bond motifs is 2. The highest BCUT2D eigenvalue weighted by atomic mass is 15.2. The van der Waals surface area contributed by atoms with Crippen LogP contribution in [0.3, 0.4) is 0 Å². The molecule has 2 aliphatic heterocycles. The SMILES string of the molecule is CNCCN(C)C1CCN2CCC1C2. The van der Waals surface area contributed by atoms with E-state index in [1.54, 1.807) is 0 Å². The minimum absolute atomic E-state index is 0.849. The molecule has 14 heavy (non-hydrogen) atoms. The van der Waals surface area contributed by atoms with Crippen LogP contribution in [-0.4, -0.2) is 62.7 Å². The summed E-state index contributed by atoms with van der Waals surface area (Å²) in [5, 5.41) is 3.23. The molecule has 3 heteroatoms. The first-order valence-corrected chi connectivity index (χ1v) is 5.88. The Hall–Kier alpha value is -0.120.